The van der Waals surface area contributed by atoms with Crippen LogP contribution in [0.3, 0.4) is 0 Å². The molecule has 1 N–H and O–H groups in total. The van der Waals surface area contributed by atoms with Crippen LogP contribution in [0.5, 0.6) is 0 Å². The molecule has 0 bridgehead atoms. The van der Waals surface area contributed by atoms with Crippen molar-refractivity contribution in [3.8, 4) is 0 Å². The van der Waals surface area contributed by atoms with Gasteiger partial charge in [0.2, 0.25) is 0 Å². The fourth-order valence-electron chi connectivity index (χ4n) is 2.06. The zero-order valence-electron chi connectivity index (χ0n) is 11.8. The fourth-order valence-corrected chi connectivity index (χ4v) is 2.06. The van der Waals surface area contributed by atoms with Gasteiger partial charge in [-0.2, -0.15) is 8.78 Å². The van der Waals surface area contributed by atoms with Crippen LogP contribution in [0.15, 0.2) is 24.3 Å². The first-order valence-electron chi connectivity index (χ1n) is 6.91. The molecule has 0 aromatic heterocycles. The molecule has 20 heavy (non-hydrogen) atoms. The van der Waals surface area contributed by atoms with E-state index < -0.39 is 18.4 Å². The van der Waals surface area contributed by atoms with Crippen LogP contribution in [-0.2, 0) is 6.42 Å². The van der Waals surface area contributed by atoms with Crippen molar-refractivity contribution in [2.75, 3.05) is 6.54 Å². The average Bonchev–Trinajstić information content (AvgIpc) is 2.43. The Labute approximate surface area is 117 Å². The van der Waals surface area contributed by atoms with E-state index in [0.29, 0.717) is 0 Å². The summed E-state index contributed by atoms with van der Waals surface area (Å²) in [5, 5.41) is 2.45. The molecule has 0 spiro atoms. The van der Waals surface area contributed by atoms with Crippen LogP contribution in [0, 0.1) is 0 Å². The first-order chi connectivity index (χ1) is 9.43. The molecule has 5 heteroatoms. The van der Waals surface area contributed by atoms with Gasteiger partial charge in [-0.1, -0.05) is 44.5 Å². The predicted molar refractivity (Wildman–Crippen MR) is 72.4 cm³/mol. The van der Waals surface area contributed by atoms with Gasteiger partial charge in [0.25, 0.3) is 0 Å². The van der Waals surface area contributed by atoms with E-state index in [1.165, 1.54) is 12.1 Å². The summed E-state index contributed by atoms with van der Waals surface area (Å²) in [6.45, 7) is 3.88. The third-order valence-electron chi connectivity index (χ3n) is 3.22. The molecule has 0 radical (unpaired) electrons. The van der Waals surface area contributed by atoms with E-state index >= 15 is 0 Å². The Morgan fingerprint density at radius 3 is 2.15 bits per heavy atom. The number of halogens is 4. The number of benzene rings is 1. The monoisotopic (exact) mass is 291 g/mol. The Morgan fingerprint density at radius 2 is 1.70 bits per heavy atom. The summed E-state index contributed by atoms with van der Waals surface area (Å²) >= 11 is 0. The molecule has 1 aromatic carbocycles. The van der Waals surface area contributed by atoms with Crippen LogP contribution in [0.1, 0.15) is 43.9 Å². The molecule has 0 aliphatic heterocycles. The average molecular weight is 291 g/mol. The molecule has 0 aliphatic carbocycles. The van der Waals surface area contributed by atoms with E-state index in [-0.39, 0.29) is 12.1 Å². The van der Waals surface area contributed by atoms with Gasteiger partial charge in [-0.15, -0.1) is 0 Å². The lowest BCUT2D eigenvalue weighted by Crippen LogP contribution is -2.42. The molecule has 0 aliphatic rings. The van der Waals surface area contributed by atoms with Gasteiger partial charge in [-0.3, -0.25) is 0 Å². The maximum absolute atomic E-state index is 13.6. The minimum absolute atomic E-state index is 0.192. The van der Waals surface area contributed by atoms with Crippen molar-refractivity contribution in [2.24, 2.45) is 0 Å². The standard InChI is InChI=1S/C15H21F4N/c1-3-5-6-11-7-9-12(10-8-11)13(20-4-2)15(18,19)14(16)17/h7-10,13-14,20H,3-6H2,1-2H3. The van der Waals surface area contributed by atoms with Gasteiger partial charge in [0.15, 0.2) is 0 Å². The summed E-state index contributed by atoms with van der Waals surface area (Å²) in [4.78, 5) is 0. The number of hydrogen-bond acceptors (Lipinski definition) is 1. The maximum Gasteiger partial charge on any atom is 0.326 e. The topological polar surface area (TPSA) is 12.0 Å². The van der Waals surface area contributed by atoms with Crippen LogP contribution in [0.4, 0.5) is 17.6 Å². The zero-order valence-corrected chi connectivity index (χ0v) is 11.8. The van der Waals surface area contributed by atoms with Crippen molar-refractivity contribution in [1.29, 1.82) is 0 Å². The predicted octanol–water partition coefficient (Wildman–Crippen LogP) is 4.58. The highest BCUT2D eigenvalue weighted by molar-refractivity contribution is 5.27. The molecule has 0 amide bonds. The van der Waals surface area contributed by atoms with Crippen LogP contribution < -0.4 is 5.32 Å². The Hall–Kier alpha value is -1.10. The maximum atomic E-state index is 13.6. The highest BCUT2D eigenvalue weighted by Crippen LogP contribution is 2.36. The second-order valence-electron chi connectivity index (χ2n) is 4.81. The van der Waals surface area contributed by atoms with E-state index in [1.54, 1.807) is 19.1 Å². The van der Waals surface area contributed by atoms with E-state index in [0.717, 1.165) is 24.8 Å². The lowest BCUT2D eigenvalue weighted by molar-refractivity contribution is -0.151. The molecule has 0 heterocycles. The van der Waals surface area contributed by atoms with Crippen LogP contribution in [0.2, 0.25) is 0 Å². The number of unbranched alkanes of at least 4 members (excludes halogenated alkanes) is 1. The van der Waals surface area contributed by atoms with E-state index in [4.69, 9.17) is 0 Å². The lowest BCUT2D eigenvalue weighted by atomic mass is 9.98. The lowest BCUT2D eigenvalue weighted by Gasteiger charge is -2.27. The molecule has 0 saturated heterocycles. The number of hydrogen-bond donors (Lipinski definition) is 1. The molecule has 1 nitrogen and oxygen atoms in total. The smallest absolute Gasteiger partial charge is 0.305 e. The van der Waals surface area contributed by atoms with Crippen molar-refractivity contribution >= 4 is 0 Å². The van der Waals surface area contributed by atoms with Gasteiger partial charge in [0, 0.05) is 0 Å². The van der Waals surface area contributed by atoms with E-state index in [9.17, 15) is 17.6 Å². The van der Waals surface area contributed by atoms with Crippen molar-refractivity contribution in [2.45, 2.75) is 51.5 Å². The molecule has 1 aromatic rings. The van der Waals surface area contributed by atoms with Gasteiger partial charge < -0.3 is 5.32 Å². The third kappa shape index (κ3) is 4.20. The second-order valence-corrected chi connectivity index (χ2v) is 4.81. The first kappa shape index (κ1) is 17.0. The summed E-state index contributed by atoms with van der Waals surface area (Å²) in [5.74, 6) is -4.08. The number of alkyl halides is 4. The Kier molecular flexibility index (Phi) is 6.46. The molecule has 1 unspecified atom stereocenters. The fraction of sp³-hybridized carbons (Fsp3) is 0.600. The number of rotatable bonds is 8. The number of aryl methyl sites for hydroxylation is 1. The highest BCUT2D eigenvalue weighted by Gasteiger charge is 2.49. The van der Waals surface area contributed by atoms with Crippen LogP contribution in [-0.4, -0.2) is 18.9 Å². The molecule has 1 atom stereocenters. The molecule has 0 fully saturated rings. The Balaban J connectivity index is 2.92. The normalized spacial score (nSPS) is 13.8. The number of nitrogens with one attached hydrogen (secondary N) is 1. The van der Waals surface area contributed by atoms with E-state index in [1.807, 2.05) is 0 Å². The van der Waals surface area contributed by atoms with Crippen molar-refractivity contribution in [3.63, 3.8) is 0 Å². The third-order valence-corrected chi connectivity index (χ3v) is 3.22. The van der Waals surface area contributed by atoms with Gasteiger partial charge in [-0.25, -0.2) is 8.78 Å². The van der Waals surface area contributed by atoms with Gasteiger partial charge in [0.05, 0.1) is 0 Å². The molecule has 1 rings (SSSR count). The summed E-state index contributed by atoms with van der Waals surface area (Å²) in [5.41, 5.74) is 1.23. The van der Waals surface area contributed by atoms with E-state index in [2.05, 4.69) is 12.2 Å². The highest BCUT2D eigenvalue weighted by atomic mass is 19.3. The molecular formula is C15H21F4N. The summed E-state index contributed by atoms with van der Waals surface area (Å²) in [6, 6.07) is 4.82. The SMILES string of the molecule is CCCCc1ccc(C(NCC)C(F)(F)C(F)F)cc1. The minimum Gasteiger partial charge on any atom is -0.305 e. The molecule has 0 saturated carbocycles. The quantitative estimate of drug-likeness (QED) is 0.691. The molecular weight excluding hydrogens is 270 g/mol. The molecule has 114 valence electrons. The summed E-state index contributed by atoms with van der Waals surface area (Å²) < 4.78 is 52.2. The van der Waals surface area contributed by atoms with Gasteiger partial charge in [0.1, 0.15) is 6.04 Å². The van der Waals surface area contributed by atoms with Gasteiger partial charge >= 0.3 is 12.3 Å². The Bertz CT molecular complexity index is 389. The van der Waals surface area contributed by atoms with Crippen molar-refractivity contribution in [3.05, 3.63) is 35.4 Å². The second kappa shape index (κ2) is 7.62. The van der Waals surface area contributed by atoms with Crippen LogP contribution >= 0.6 is 0 Å². The largest absolute Gasteiger partial charge is 0.326 e. The van der Waals surface area contributed by atoms with Crippen LogP contribution in [0.25, 0.3) is 0 Å². The zero-order chi connectivity index (χ0) is 15.2. The first-order valence-corrected chi connectivity index (χ1v) is 6.91. The van der Waals surface area contributed by atoms with Gasteiger partial charge in [-0.05, 0) is 30.5 Å². The van der Waals surface area contributed by atoms with Crippen molar-refractivity contribution in [1.82, 2.24) is 5.32 Å². The van der Waals surface area contributed by atoms with Crippen molar-refractivity contribution < 1.29 is 17.6 Å². The Morgan fingerprint density at radius 1 is 1.10 bits per heavy atom. The minimum atomic E-state index is -4.08. The summed E-state index contributed by atoms with van der Waals surface area (Å²) in [7, 11) is 0. The summed E-state index contributed by atoms with van der Waals surface area (Å²) in [6.07, 6.45) is -0.756.